The van der Waals surface area contributed by atoms with Crippen LogP contribution in [-0.2, 0) is 4.79 Å². The van der Waals surface area contributed by atoms with E-state index in [1.54, 1.807) is 12.1 Å². The standard InChI is InChI=1S/C27H27FN4O4/c1-18-2-8-21(9-3-18)29-25(33)17-31-12-14-32(15-13-31)24-11-10-22(16-23(24)27(35)36)30-26(34)19-4-6-20(28)7-5-19/h2-11,16H,12-15,17H2,1H3,(H,29,33)(H,30,34)(H,35,36). The van der Waals surface area contributed by atoms with E-state index in [1.807, 2.05) is 41.0 Å². The number of halogens is 1. The van der Waals surface area contributed by atoms with Crippen molar-refractivity contribution in [2.45, 2.75) is 6.92 Å². The van der Waals surface area contributed by atoms with Crippen LogP contribution in [0.3, 0.4) is 0 Å². The molecule has 1 aliphatic heterocycles. The second kappa shape index (κ2) is 11.0. The van der Waals surface area contributed by atoms with Crippen molar-refractivity contribution in [2.24, 2.45) is 0 Å². The molecule has 1 aliphatic rings. The Labute approximate surface area is 208 Å². The summed E-state index contributed by atoms with van der Waals surface area (Å²) in [6.45, 7) is 4.55. The largest absolute Gasteiger partial charge is 0.478 e. The van der Waals surface area contributed by atoms with E-state index in [4.69, 9.17) is 0 Å². The maximum Gasteiger partial charge on any atom is 0.337 e. The van der Waals surface area contributed by atoms with Crippen molar-refractivity contribution in [1.82, 2.24) is 4.90 Å². The van der Waals surface area contributed by atoms with Crippen LogP contribution in [0.5, 0.6) is 0 Å². The number of aromatic carboxylic acids is 1. The van der Waals surface area contributed by atoms with Gasteiger partial charge in [0.2, 0.25) is 5.91 Å². The van der Waals surface area contributed by atoms with E-state index in [0.717, 1.165) is 11.3 Å². The van der Waals surface area contributed by atoms with Gasteiger partial charge in [-0.15, -0.1) is 0 Å². The third-order valence-corrected chi connectivity index (χ3v) is 6.01. The molecule has 2 amide bonds. The molecular weight excluding hydrogens is 463 g/mol. The van der Waals surface area contributed by atoms with Crippen molar-refractivity contribution in [1.29, 1.82) is 0 Å². The Morgan fingerprint density at radius 2 is 1.50 bits per heavy atom. The molecule has 1 fully saturated rings. The van der Waals surface area contributed by atoms with Gasteiger partial charge in [0, 0.05) is 43.1 Å². The van der Waals surface area contributed by atoms with Gasteiger partial charge < -0.3 is 20.6 Å². The lowest BCUT2D eigenvalue weighted by atomic mass is 10.1. The topological polar surface area (TPSA) is 102 Å². The van der Waals surface area contributed by atoms with E-state index in [0.29, 0.717) is 37.6 Å². The van der Waals surface area contributed by atoms with Crippen LogP contribution in [-0.4, -0.2) is 60.5 Å². The van der Waals surface area contributed by atoms with Crippen molar-refractivity contribution >= 4 is 34.8 Å². The number of carbonyl (C=O) groups is 3. The van der Waals surface area contributed by atoms with Gasteiger partial charge in [-0.3, -0.25) is 14.5 Å². The molecule has 3 aromatic rings. The van der Waals surface area contributed by atoms with Gasteiger partial charge in [-0.1, -0.05) is 17.7 Å². The van der Waals surface area contributed by atoms with Crippen molar-refractivity contribution in [3.63, 3.8) is 0 Å². The number of aryl methyl sites for hydroxylation is 1. The normalized spacial score (nSPS) is 13.8. The zero-order valence-corrected chi connectivity index (χ0v) is 19.8. The number of carboxylic acids is 1. The Bertz CT molecular complexity index is 1250. The predicted octanol–water partition coefficient (Wildman–Crippen LogP) is 3.85. The number of nitrogens with one attached hydrogen (secondary N) is 2. The molecule has 1 heterocycles. The quantitative estimate of drug-likeness (QED) is 0.465. The van der Waals surface area contributed by atoms with E-state index in [9.17, 15) is 23.9 Å². The highest BCUT2D eigenvalue weighted by atomic mass is 19.1. The van der Waals surface area contributed by atoms with Crippen LogP contribution in [0.1, 0.15) is 26.3 Å². The highest BCUT2D eigenvalue weighted by Gasteiger charge is 2.23. The predicted molar refractivity (Wildman–Crippen MR) is 136 cm³/mol. The first-order valence-corrected chi connectivity index (χ1v) is 11.6. The van der Waals surface area contributed by atoms with E-state index in [2.05, 4.69) is 10.6 Å². The summed E-state index contributed by atoms with van der Waals surface area (Å²) in [6.07, 6.45) is 0. The first-order chi connectivity index (χ1) is 17.3. The number of carbonyl (C=O) groups excluding carboxylic acids is 2. The number of carboxylic acid groups (broad SMARTS) is 1. The summed E-state index contributed by atoms with van der Waals surface area (Å²) in [6, 6.07) is 17.4. The van der Waals surface area contributed by atoms with Crippen LogP contribution >= 0.6 is 0 Å². The van der Waals surface area contributed by atoms with Crippen LogP contribution < -0.4 is 15.5 Å². The Morgan fingerprint density at radius 1 is 0.861 bits per heavy atom. The second-order valence-corrected chi connectivity index (χ2v) is 8.68. The molecule has 0 aromatic heterocycles. The minimum absolute atomic E-state index is 0.0671. The summed E-state index contributed by atoms with van der Waals surface area (Å²) in [7, 11) is 0. The molecule has 36 heavy (non-hydrogen) atoms. The zero-order valence-electron chi connectivity index (χ0n) is 19.8. The van der Waals surface area contributed by atoms with Gasteiger partial charge in [0.25, 0.3) is 5.91 Å². The van der Waals surface area contributed by atoms with E-state index in [1.165, 1.54) is 30.3 Å². The highest BCUT2D eigenvalue weighted by Crippen LogP contribution is 2.26. The minimum atomic E-state index is -1.11. The van der Waals surface area contributed by atoms with E-state index < -0.39 is 17.7 Å². The fourth-order valence-corrected chi connectivity index (χ4v) is 4.05. The van der Waals surface area contributed by atoms with Gasteiger partial charge in [-0.25, -0.2) is 9.18 Å². The number of benzene rings is 3. The van der Waals surface area contributed by atoms with Crippen LogP contribution in [0.25, 0.3) is 0 Å². The van der Waals surface area contributed by atoms with Gasteiger partial charge in [0.1, 0.15) is 5.82 Å². The second-order valence-electron chi connectivity index (χ2n) is 8.68. The van der Waals surface area contributed by atoms with Crippen molar-refractivity contribution in [3.05, 3.63) is 89.2 Å². The molecule has 9 heteroatoms. The fourth-order valence-electron chi connectivity index (χ4n) is 4.05. The average molecular weight is 491 g/mol. The van der Waals surface area contributed by atoms with Gasteiger partial charge in [-0.05, 0) is 61.5 Å². The molecule has 0 aliphatic carbocycles. The third-order valence-electron chi connectivity index (χ3n) is 6.01. The summed E-state index contributed by atoms with van der Waals surface area (Å²) in [5.41, 5.74) is 3.08. The van der Waals surface area contributed by atoms with Crippen LogP contribution in [0.4, 0.5) is 21.5 Å². The van der Waals surface area contributed by atoms with Crippen LogP contribution in [0.15, 0.2) is 66.7 Å². The number of amides is 2. The number of hydrogen-bond acceptors (Lipinski definition) is 5. The summed E-state index contributed by atoms with van der Waals surface area (Å²) < 4.78 is 13.1. The molecule has 4 rings (SSSR count). The molecule has 186 valence electrons. The smallest absolute Gasteiger partial charge is 0.337 e. The molecule has 1 saturated heterocycles. The first-order valence-electron chi connectivity index (χ1n) is 11.6. The van der Waals surface area contributed by atoms with Gasteiger partial charge in [0.15, 0.2) is 0 Å². The maximum absolute atomic E-state index is 13.1. The number of rotatable bonds is 7. The van der Waals surface area contributed by atoms with E-state index >= 15 is 0 Å². The first kappa shape index (κ1) is 24.9. The number of anilines is 3. The molecule has 3 aromatic carbocycles. The molecule has 3 N–H and O–H groups in total. The zero-order chi connectivity index (χ0) is 25.7. The number of hydrogen-bond donors (Lipinski definition) is 3. The maximum atomic E-state index is 13.1. The summed E-state index contributed by atoms with van der Waals surface area (Å²) in [5, 5.41) is 15.3. The molecule has 0 bridgehead atoms. The lowest BCUT2D eigenvalue weighted by molar-refractivity contribution is -0.117. The SMILES string of the molecule is Cc1ccc(NC(=O)CN2CCN(c3ccc(NC(=O)c4ccc(F)cc4)cc3C(=O)O)CC2)cc1. The van der Waals surface area contributed by atoms with Crippen LogP contribution in [0, 0.1) is 12.7 Å². The molecule has 0 unspecified atom stereocenters. The summed E-state index contributed by atoms with van der Waals surface area (Å²) >= 11 is 0. The van der Waals surface area contributed by atoms with Crippen molar-refractivity contribution < 1.29 is 23.9 Å². The lowest BCUT2D eigenvalue weighted by Crippen LogP contribution is -2.49. The van der Waals surface area contributed by atoms with Gasteiger partial charge in [-0.2, -0.15) is 0 Å². The molecule has 0 atom stereocenters. The molecular formula is C27H27FN4O4. The van der Waals surface area contributed by atoms with Gasteiger partial charge in [0.05, 0.1) is 17.8 Å². The monoisotopic (exact) mass is 490 g/mol. The Hall–Kier alpha value is -4.24. The summed E-state index contributed by atoms with van der Waals surface area (Å²) in [4.78, 5) is 40.8. The molecule has 8 nitrogen and oxygen atoms in total. The minimum Gasteiger partial charge on any atom is -0.478 e. The highest BCUT2D eigenvalue weighted by molar-refractivity contribution is 6.05. The average Bonchev–Trinajstić information content (AvgIpc) is 2.86. The number of nitrogens with zero attached hydrogens (tertiary/aromatic N) is 2. The van der Waals surface area contributed by atoms with Crippen molar-refractivity contribution in [3.8, 4) is 0 Å². The fraction of sp³-hybridized carbons (Fsp3) is 0.222. The Balaban J connectivity index is 1.36. The molecule has 0 saturated carbocycles. The molecule has 0 radical (unpaired) electrons. The van der Waals surface area contributed by atoms with E-state index in [-0.39, 0.29) is 23.6 Å². The van der Waals surface area contributed by atoms with Crippen molar-refractivity contribution in [2.75, 3.05) is 48.3 Å². The van der Waals surface area contributed by atoms with Gasteiger partial charge >= 0.3 is 5.97 Å². The lowest BCUT2D eigenvalue weighted by Gasteiger charge is -2.36. The third kappa shape index (κ3) is 6.25. The number of piperazine rings is 1. The Morgan fingerprint density at radius 3 is 2.14 bits per heavy atom. The Kier molecular flexibility index (Phi) is 7.60. The van der Waals surface area contributed by atoms with Crippen LogP contribution in [0.2, 0.25) is 0 Å². The summed E-state index contributed by atoms with van der Waals surface area (Å²) in [5.74, 6) is -2.12. The molecule has 0 spiro atoms.